The van der Waals surface area contributed by atoms with Crippen LogP contribution in [0, 0.1) is 0 Å². The Morgan fingerprint density at radius 1 is 1.15 bits per heavy atom. The summed E-state index contributed by atoms with van der Waals surface area (Å²) in [5.41, 5.74) is 1.21. The van der Waals surface area contributed by atoms with Crippen LogP contribution in [0.15, 0.2) is 24.3 Å². The van der Waals surface area contributed by atoms with Gasteiger partial charge >= 0.3 is 0 Å². The molecule has 0 spiro atoms. The van der Waals surface area contributed by atoms with E-state index in [1.165, 1.54) is 42.8 Å². The first-order valence-corrected chi connectivity index (χ1v) is 7.90. The highest BCUT2D eigenvalue weighted by atomic mass is 16.5. The summed E-state index contributed by atoms with van der Waals surface area (Å²) in [6.07, 6.45) is 3.55. The van der Waals surface area contributed by atoms with Crippen molar-refractivity contribution in [1.82, 2.24) is 0 Å². The van der Waals surface area contributed by atoms with Crippen molar-refractivity contribution < 1.29 is 14.7 Å². The molecule has 0 radical (unpaired) electrons. The second kappa shape index (κ2) is 7.65. The number of quaternary nitrogens is 1. The highest BCUT2D eigenvalue weighted by molar-refractivity contribution is 5.35. The molecule has 1 fully saturated rings. The monoisotopic (exact) mass is 278 g/mol. The number of aliphatic hydroxyl groups excluding tert-OH is 1. The predicted molar refractivity (Wildman–Crippen MR) is 81.4 cm³/mol. The second-order valence-corrected chi connectivity index (χ2v) is 6.17. The van der Waals surface area contributed by atoms with Crippen LogP contribution in [0.25, 0.3) is 0 Å². The fourth-order valence-electron chi connectivity index (χ4n) is 2.92. The molecule has 3 nitrogen and oxygen atoms in total. The number of nitrogens with one attached hydrogen (secondary N) is 1. The standard InChI is InChI=1S/C17H27NO2/c1-14(2)16-8-4-5-9-17(16)20-13-15(19)12-18-10-6-3-7-11-18/h4-5,8-9,14-15,19H,3,6-7,10-13H2,1-2H3/p+1/t15-/m0/s1. The molecule has 1 atom stereocenters. The average molecular weight is 278 g/mol. The van der Waals surface area contributed by atoms with E-state index in [0.29, 0.717) is 12.5 Å². The lowest BCUT2D eigenvalue weighted by atomic mass is 10.0. The minimum Gasteiger partial charge on any atom is -0.490 e. The fraction of sp³-hybridized carbons (Fsp3) is 0.647. The third kappa shape index (κ3) is 4.50. The minimum absolute atomic E-state index is 0.372. The van der Waals surface area contributed by atoms with Crippen LogP contribution in [0.4, 0.5) is 0 Å². The number of para-hydroxylation sites is 1. The first kappa shape index (κ1) is 15.3. The summed E-state index contributed by atoms with van der Waals surface area (Å²) < 4.78 is 5.84. The largest absolute Gasteiger partial charge is 0.490 e. The summed E-state index contributed by atoms with van der Waals surface area (Å²) in [7, 11) is 0. The van der Waals surface area contributed by atoms with E-state index in [1.54, 1.807) is 0 Å². The molecule has 0 unspecified atom stereocenters. The van der Waals surface area contributed by atoms with Gasteiger partial charge in [-0.2, -0.15) is 0 Å². The van der Waals surface area contributed by atoms with Gasteiger partial charge in [-0.3, -0.25) is 0 Å². The Bertz CT molecular complexity index is 400. The number of likely N-dealkylation sites (tertiary alicyclic amines) is 1. The average Bonchev–Trinajstić information content (AvgIpc) is 2.46. The maximum Gasteiger partial charge on any atom is 0.137 e. The third-order valence-corrected chi connectivity index (χ3v) is 4.06. The lowest BCUT2D eigenvalue weighted by Gasteiger charge is -2.25. The van der Waals surface area contributed by atoms with Crippen molar-refractivity contribution in [3.8, 4) is 5.75 Å². The quantitative estimate of drug-likeness (QED) is 0.829. The molecule has 1 aliphatic heterocycles. The fourth-order valence-corrected chi connectivity index (χ4v) is 2.92. The maximum atomic E-state index is 10.1. The van der Waals surface area contributed by atoms with Gasteiger partial charge in [0.25, 0.3) is 0 Å². The summed E-state index contributed by atoms with van der Waals surface area (Å²) in [5, 5.41) is 10.1. The first-order valence-electron chi connectivity index (χ1n) is 7.90. The zero-order valence-corrected chi connectivity index (χ0v) is 12.8. The SMILES string of the molecule is CC(C)c1ccccc1OC[C@@H](O)C[NH+]1CCCCC1. The molecule has 1 aliphatic rings. The van der Waals surface area contributed by atoms with E-state index >= 15 is 0 Å². The van der Waals surface area contributed by atoms with Gasteiger partial charge in [0.1, 0.15) is 25.0 Å². The van der Waals surface area contributed by atoms with Crippen LogP contribution in [0.1, 0.15) is 44.6 Å². The zero-order chi connectivity index (χ0) is 14.4. The molecule has 1 aromatic carbocycles. The number of piperidine rings is 1. The van der Waals surface area contributed by atoms with Gasteiger partial charge in [-0.25, -0.2) is 0 Å². The van der Waals surface area contributed by atoms with Crippen molar-refractivity contribution in [3.05, 3.63) is 29.8 Å². The van der Waals surface area contributed by atoms with Gasteiger partial charge in [0.15, 0.2) is 0 Å². The zero-order valence-electron chi connectivity index (χ0n) is 12.8. The topological polar surface area (TPSA) is 33.9 Å². The summed E-state index contributed by atoms with van der Waals surface area (Å²) in [6.45, 7) is 7.92. The Labute approximate surface area is 122 Å². The molecule has 3 heteroatoms. The lowest BCUT2D eigenvalue weighted by Crippen LogP contribution is -3.14. The van der Waals surface area contributed by atoms with Gasteiger partial charge < -0.3 is 14.7 Å². The van der Waals surface area contributed by atoms with Gasteiger partial charge in [-0.15, -0.1) is 0 Å². The number of ether oxygens (including phenoxy) is 1. The van der Waals surface area contributed by atoms with Crippen molar-refractivity contribution in [1.29, 1.82) is 0 Å². The molecule has 0 saturated carbocycles. The van der Waals surface area contributed by atoms with Crippen LogP contribution in [0.3, 0.4) is 0 Å². The Balaban J connectivity index is 1.82. The van der Waals surface area contributed by atoms with Gasteiger partial charge in [0.2, 0.25) is 0 Å². The molecular formula is C17H28NO2+. The highest BCUT2D eigenvalue weighted by Crippen LogP contribution is 2.25. The Kier molecular flexibility index (Phi) is 5.86. The van der Waals surface area contributed by atoms with Crippen molar-refractivity contribution in [2.75, 3.05) is 26.2 Å². The number of rotatable bonds is 6. The number of aliphatic hydroxyl groups is 1. The highest BCUT2D eigenvalue weighted by Gasteiger charge is 2.18. The lowest BCUT2D eigenvalue weighted by molar-refractivity contribution is -0.908. The molecule has 2 rings (SSSR count). The maximum absolute atomic E-state index is 10.1. The first-order chi connectivity index (χ1) is 9.66. The van der Waals surface area contributed by atoms with Crippen LogP contribution >= 0.6 is 0 Å². The Morgan fingerprint density at radius 2 is 1.85 bits per heavy atom. The molecule has 0 aromatic heterocycles. The molecule has 1 saturated heterocycles. The predicted octanol–water partition coefficient (Wildman–Crippen LogP) is 1.62. The molecule has 1 heterocycles. The van der Waals surface area contributed by atoms with Gasteiger partial charge in [0, 0.05) is 0 Å². The number of benzene rings is 1. The summed E-state index contributed by atoms with van der Waals surface area (Å²) in [5.74, 6) is 1.35. The Hall–Kier alpha value is -1.06. The molecule has 0 amide bonds. The van der Waals surface area contributed by atoms with Gasteiger partial charge in [-0.05, 0) is 36.8 Å². The minimum atomic E-state index is -0.372. The van der Waals surface area contributed by atoms with Crippen LogP contribution in [0.5, 0.6) is 5.75 Å². The van der Waals surface area contributed by atoms with E-state index in [0.717, 1.165) is 12.3 Å². The van der Waals surface area contributed by atoms with Crippen LogP contribution < -0.4 is 9.64 Å². The van der Waals surface area contributed by atoms with Crippen molar-refractivity contribution in [2.45, 2.75) is 45.1 Å². The van der Waals surface area contributed by atoms with E-state index in [2.05, 4.69) is 19.9 Å². The van der Waals surface area contributed by atoms with Crippen LogP contribution in [-0.4, -0.2) is 37.5 Å². The van der Waals surface area contributed by atoms with Gasteiger partial charge in [0.05, 0.1) is 13.1 Å². The van der Waals surface area contributed by atoms with E-state index < -0.39 is 0 Å². The molecular weight excluding hydrogens is 250 g/mol. The molecule has 112 valence electrons. The number of hydrogen-bond donors (Lipinski definition) is 2. The van der Waals surface area contributed by atoms with Gasteiger partial charge in [-0.1, -0.05) is 32.0 Å². The molecule has 0 bridgehead atoms. The normalized spacial score (nSPS) is 18.2. The third-order valence-electron chi connectivity index (χ3n) is 4.06. The molecule has 0 aliphatic carbocycles. The van der Waals surface area contributed by atoms with E-state index in [4.69, 9.17) is 4.74 Å². The van der Waals surface area contributed by atoms with E-state index in [1.807, 2.05) is 18.2 Å². The second-order valence-electron chi connectivity index (χ2n) is 6.17. The van der Waals surface area contributed by atoms with Crippen LogP contribution in [0.2, 0.25) is 0 Å². The van der Waals surface area contributed by atoms with Crippen molar-refractivity contribution >= 4 is 0 Å². The summed E-state index contributed by atoms with van der Waals surface area (Å²) in [6, 6.07) is 8.12. The summed E-state index contributed by atoms with van der Waals surface area (Å²) in [4.78, 5) is 1.52. The van der Waals surface area contributed by atoms with E-state index in [9.17, 15) is 5.11 Å². The number of hydrogen-bond acceptors (Lipinski definition) is 2. The molecule has 1 aromatic rings. The summed E-state index contributed by atoms with van der Waals surface area (Å²) >= 11 is 0. The molecule has 2 N–H and O–H groups in total. The van der Waals surface area contributed by atoms with Crippen molar-refractivity contribution in [2.24, 2.45) is 0 Å². The van der Waals surface area contributed by atoms with Crippen LogP contribution in [-0.2, 0) is 0 Å². The Morgan fingerprint density at radius 3 is 2.55 bits per heavy atom. The molecule has 20 heavy (non-hydrogen) atoms. The van der Waals surface area contributed by atoms with E-state index in [-0.39, 0.29) is 6.10 Å². The van der Waals surface area contributed by atoms with Crippen molar-refractivity contribution in [3.63, 3.8) is 0 Å². The smallest absolute Gasteiger partial charge is 0.137 e.